The molecule has 2 aromatic rings. The van der Waals surface area contributed by atoms with Gasteiger partial charge in [-0.3, -0.25) is 0 Å². The largest absolute Gasteiger partial charge is 0.508 e. The molecule has 0 heterocycles. The van der Waals surface area contributed by atoms with Crippen LogP contribution < -0.4 is 5.32 Å². The summed E-state index contributed by atoms with van der Waals surface area (Å²) >= 11 is 3.53. The summed E-state index contributed by atoms with van der Waals surface area (Å²) in [6.45, 7) is 2.19. The van der Waals surface area contributed by atoms with E-state index in [-0.39, 0.29) is 6.04 Å². The number of phenols is 1. The molecule has 0 saturated carbocycles. The Kier molecular flexibility index (Phi) is 4.32. The highest BCUT2D eigenvalue weighted by molar-refractivity contribution is 9.10. The van der Waals surface area contributed by atoms with Crippen molar-refractivity contribution in [2.24, 2.45) is 0 Å². The first kappa shape index (κ1) is 14.6. The summed E-state index contributed by atoms with van der Waals surface area (Å²) in [5, 5.41) is 13.5. The standard InChI is InChI=1S/C18H20BrNO/c1-12(14-5-2-6-15(19)10-14)20-18-7-3-4-13-8-9-16(21)11-17(13)18/h2,5-6,8-12,18,20-21H,3-4,7H2,1H3/t12-,18?/m1/s1. The van der Waals surface area contributed by atoms with E-state index in [1.165, 1.54) is 23.1 Å². The number of halogens is 1. The average Bonchev–Trinajstić information content (AvgIpc) is 2.48. The van der Waals surface area contributed by atoms with Gasteiger partial charge in [0.1, 0.15) is 5.75 Å². The van der Waals surface area contributed by atoms with Crippen LogP contribution in [0.15, 0.2) is 46.9 Å². The minimum atomic E-state index is 0.279. The van der Waals surface area contributed by atoms with Gasteiger partial charge in [0.2, 0.25) is 0 Å². The lowest BCUT2D eigenvalue weighted by Crippen LogP contribution is -2.27. The van der Waals surface area contributed by atoms with E-state index in [0.717, 1.165) is 17.3 Å². The third-order valence-electron chi connectivity index (χ3n) is 4.24. The molecule has 2 N–H and O–H groups in total. The predicted octanol–water partition coefficient (Wildman–Crippen LogP) is 4.88. The van der Waals surface area contributed by atoms with Gasteiger partial charge in [0, 0.05) is 16.6 Å². The minimum absolute atomic E-state index is 0.279. The maximum Gasteiger partial charge on any atom is 0.115 e. The molecule has 0 bridgehead atoms. The molecular weight excluding hydrogens is 326 g/mol. The van der Waals surface area contributed by atoms with Crippen LogP contribution in [-0.4, -0.2) is 5.11 Å². The maximum absolute atomic E-state index is 9.76. The smallest absolute Gasteiger partial charge is 0.115 e. The number of aromatic hydroxyl groups is 1. The number of rotatable bonds is 3. The number of aryl methyl sites for hydroxylation is 1. The van der Waals surface area contributed by atoms with E-state index in [1.54, 1.807) is 6.07 Å². The lowest BCUT2D eigenvalue weighted by Gasteiger charge is -2.29. The summed E-state index contributed by atoms with van der Waals surface area (Å²) in [4.78, 5) is 0. The van der Waals surface area contributed by atoms with Gasteiger partial charge in [0.25, 0.3) is 0 Å². The lowest BCUT2D eigenvalue weighted by molar-refractivity contribution is 0.410. The Morgan fingerprint density at radius 2 is 2.10 bits per heavy atom. The van der Waals surface area contributed by atoms with Crippen molar-refractivity contribution in [3.63, 3.8) is 0 Å². The second kappa shape index (κ2) is 6.20. The van der Waals surface area contributed by atoms with Crippen LogP contribution in [0.25, 0.3) is 0 Å². The molecule has 0 radical (unpaired) electrons. The van der Waals surface area contributed by atoms with Gasteiger partial charge in [-0.1, -0.05) is 34.1 Å². The number of hydrogen-bond donors (Lipinski definition) is 2. The average molecular weight is 346 g/mol. The maximum atomic E-state index is 9.76. The zero-order valence-corrected chi connectivity index (χ0v) is 13.7. The summed E-state index contributed by atoms with van der Waals surface area (Å²) in [7, 11) is 0. The molecule has 0 aromatic heterocycles. The van der Waals surface area contributed by atoms with Crippen molar-refractivity contribution >= 4 is 15.9 Å². The molecule has 2 aromatic carbocycles. The first-order chi connectivity index (χ1) is 10.1. The van der Waals surface area contributed by atoms with E-state index < -0.39 is 0 Å². The number of fused-ring (bicyclic) bond motifs is 1. The van der Waals surface area contributed by atoms with E-state index >= 15 is 0 Å². The highest BCUT2D eigenvalue weighted by atomic mass is 79.9. The van der Waals surface area contributed by atoms with E-state index in [9.17, 15) is 5.11 Å². The summed E-state index contributed by atoms with van der Waals surface area (Å²) in [6.07, 6.45) is 3.43. The van der Waals surface area contributed by atoms with Crippen LogP contribution in [0.4, 0.5) is 0 Å². The van der Waals surface area contributed by atoms with Gasteiger partial charge in [-0.15, -0.1) is 0 Å². The molecule has 0 fully saturated rings. The first-order valence-electron chi connectivity index (χ1n) is 7.47. The molecule has 3 rings (SSSR count). The SMILES string of the molecule is C[C@@H](NC1CCCc2ccc(O)cc21)c1cccc(Br)c1. The van der Waals surface area contributed by atoms with Crippen LogP contribution in [0.1, 0.15) is 48.5 Å². The summed E-state index contributed by atoms with van der Waals surface area (Å²) < 4.78 is 1.11. The molecular formula is C18H20BrNO. The van der Waals surface area contributed by atoms with Crippen molar-refractivity contribution in [1.82, 2.24) is 5.32 Å². The highest BCUT2D eigenvalue weighted by Gasteiger charge is 2.22. The fourth-order valence-electron chi connectivity index (χ4n) is 3.13. The van der Waals surface area contributed by atoms with Crippen molar-refractivity contribution in [2.45, 2.75) is 38.3 Å². The van der Waals surface area contributed by atoms with Crippen LogP contribution in [0.2, 0.25) is 0 Å². The fourth-order valence-corrected chi connectivity index (χ4v) is 3.55. The van der Waals surface area contributed by atoms with E-state index in [2.05, 4.69) is 52.4 Å². The minimum Gasteiger partial charge on any atom is -0.508 e. The Morgan fingerprint density at radius 1 is 1.24 bits per heavy atom. The second-order valence-corrected chi connectivity index (χ2v) is 6.69. The topological polar surface area (TPSA) is 32.3 Å². The zero-order chi connectivity index (χ0) is 14.8. The number of hydrogen-bond acceptors (Lipinski definition) is 2. The quantitative estimate of drug-likeness (QED) is 0.830. The molecule has 0 amide bonds. The monoisotopic (exact) mass is 345 g/mol. The number of nitrogens with one attached hydrogen (secondary N) is 1. The van der Waals surface area contributed by atoms with Crippen molar-refractivity contribution in [3.05, 3.63) is 63.6 Å². The molecule has 0 spiro atoms. The molecule has 110 valence electrons. The molecule has 0 aliphatic heterocycles. The summed E-state index contributed by atoms with van der Waals surface area (Å²) in [5.74, 6) is 0.359. The predicted molar refractivity (Wildman–Crippen MR) is 89.5 cm³/mol. The van der Waals surface area contributed by atoms with Crippen molar-refractivity contribution in [3.8, 4) is 5.75 Å². The van der Waals surface area contributed by atoms with E-state index in [4.69, 9.17) is 0 Å². The Bertz CT molecular complexity index is 641. The molecule has 21 heavy (non-hydrogen) atoms. The molecule has 1 aliphatic carbocycles. The molecule has 0 saturated heterocycles. The van der Waals surface area contributed by atoms with Crippen LogP contribution >= 0.6 is 15.9 Å². The Morgan fingerprint density at radius 3 is 2.90 bits per heavy atom. The van der Waals surface area contributed by atoms with Gasteiger partial charge in [0.15, 0.2) is 0 Å². The lowest BCUT2D eigenvalue weighted by atomic mass is 9.87. The fraction of sp³-hybridized carbons (Fsp3) is 0.333. The third kappa shape index (κ3) is 3.30. The molecule has 1 unspecified atom stereocenters. The van der Waals surface area contributed by atoms with Crippen LogP contribution in [0.3, 0.4) is 0 Å². The van der Waals surface area contributed by atoms with Crippen LogP contribution in [-0.2, 0) is 6.42 Å². The molecule has 2 nitrogen and oxygen atoms in total. The normalized spacial score (nSPS) is 19.0. The van der Waals surface area contributed by atoms with Gasteiger partial charge in [0.05, 0.1) is 0 Å². The Hall–Kier alpha value is -1.32. The summed E-state index contributed by atoms with van der Waals surface area (Å²) in [6, 6.07) is 14.8. The molecule has 3 heteroatoms. The van der Waals surface area contributed by atoms with Gasteiger partial charge >= 0.3 is 0 Å². The zero-order valence-electron chi connectivity index (χ0n) is 12.1. The van der Waals surface area contributed by atoms with Crippen molar-refractivity contribution < 1.29 is 5.11 Å². The second-order valence-electron chi connectivity index (χ2n) is 5.77. The van der Waals surface area contributed by atoms with E-state index in [1.807, 2.05) is 12.1 Å². The first-order valence-corrected chi connectivity index (χ1v) is 8.26. The van der Waals surface area contributed by atoms with Gasteiger partial charge in [-0.05, 0) is 67.1 Å². The van der Waals surface area contributed by atoms with Gasteiger partial charge in [-0.2, -0.15) is 0 Å². The van der Waals surface area contributed by atoms with Gasteiger partial charge in [-0.25, -0.2) is 0 Å². The van der Waals surface area contributed by atoms with Crippen LogP contribution in [0.5, 0.6) is 5.75 Å². The number of phenolic OH excluding ortho intramolecular Hbond substituents is 1. The van der Waals surface area contributed by atoms with E-state index in [0.29, 0.717) is 11.8 Å². The summed E-state index contributed by atoms with van der Waals surface area (Å²) in [5.41, 5.74) is 3.89. The molecule has 2 atom stereocenters. The van der Waals surface area contributed by atoms with Crippen LogP contribution in [0, 0.1) is 0 Å². The Labute approximate surface area is 134 Å². The number of benzene rings is 2. The highest BCUT2D eigenvalue weighted by Crippen LogP contribution is 2.34. The Balaban J connectivity index is 1.81. The van der Waals surface area contributed by atoms with Crippen molar-refractivity contribution in [2.75, 3.05) is 0 Å². The van der Waals surface area contributed by atoms with Gasteiger partial charge < -0.3 is 10.4 Å². The third-order valence-corrected chi connectivity index (χ3v) is 4.74. The van der Waals surface area contributed by atoms with Crippen molar-refractivity contribution in [1.29, 1.82) is 0 Å². The molecule has 1 aliphatic rings.